The molecule has 1 aliphatic heterocycles. The molecule has 1 heterocycles. The molecule has 2 aromatic carbocycles. The predicted octanol–water partition coefficient (Wildman–Crippen LogP) is 2.22. The van der Waals surface area contributed by atoms with Crippen molar-refractivity contribution in [1.82, 2.24) is 4.31 Å². The average molecular weight is 432 g/mol. The van der Waals surface area contributed by atoms with Crippen molar-refractivity contribution in [2.45, 2.75) is 24.7 Å². The van der Waals surface area contributed by atoms with Crippen molar-refractivity contribution in [3.8, 4) is 5.75 Å². The van der Waals surface area contributed by atoms with E-state index >= 15 is 0 Å². The largest absolute Gasteiger partial charge is 0.492 e. The summed E-state index contributed by atoms with van der Waals surface area (Å²) in [5.41, 5.74) is 6.05. The van der Waals surface area contributed by atoms with E-state index in [9.17, 15) is 18.0 Å². The van der Waals surface area contributed by atoms with Gasteiger partial charge in [-0.05, 0) is 50.1 Å². The van der Waals surface area contributed by atoms with E-state index in [0.29, 0.717) is 30.8 Å². The highest BCUT2D eigenvalue weighted by Gasteiger charge is 2.31. The Morgan fingerprint density at radius 2 is 1.80 bits per heavy atom. The first-order valence-electron chi connectivity index (χ1n) is 9.75. The lowest BCUT2D eigenvalue weighted by Gasteiger charge is -2.29. The van der Waals surface area contributed by atoms with Crippen molar-refractivity contribution in [3.63, 3.8) is 0 Å². The normalized spacial score (nSPS) is 15.5. The summed E-state index contributed by atoms with van der Waals surface area (Å²) in [7, 11) is -3.79. The van der Waals surface area contributed by atoms with Crippen LogP contribution in [0.25, 0.3) is 0 Å². The van der Waals surface area contributed by atoms with Crippen LogP contribution in [-0.2, 0) is 14.8 Å². The van der Waals surface area contributed by atoms with Crippen molar-refractivity contribution in [3.05, 3.63) is 54.1 Å². The molecule has 0 saturated carbocycles. The van der Waals surface area contributed by atoms with Gasteiger partial charge in [0.2, 0.25) is 15.9 Å². The van der Waals surface area contributed by atoms with Crippen LogP contribution >= 0.6 is 0 Å². The van der Waals surface area contributed by atoms with Crippen molar-refractivity contribution >= 4 is 27.5 Å². The molecule has 1 fully saturated rings. The molecule has 9 heteroatoms. The minimum atomic E-state index is -3.79. The van der Waals surface area contributed by atoms with E-state index in [4.69, 9.17) is 10.5 Å². The molecule has 3 rings (SSSR count). The SMILES string of the molecule is CCOc1ccc(S(=O)(=O)N2CCC(C(N)=O)CC2)cc1NC(=O)c1ccccc1. The molecule has 0 spiro atoms. The van der Waals surface area contributed by atoms with Crippen LogP contribution in [0.5, 0.6) is 5.75 Å². The fourth-order valence-electron chi connectivity index (χ4n) is 3.36. The van der Waals surface area contributed by atoms with Gasteiger partial charge in [-0.3, -0.25) is 9.59 Å². The highest BCUT2D eigenvalue weighted by atomic mass is 32.2. The number of rotatable bonds is 7. The van der Waals surface area contributed by atoms with Crippen molar-refractivity contribution in [1.29, 1.82) is 0 Å². The summed E-state index contributed by atoms with van der Waals surface area (Å²) in [6, 6.07) is 13.0. The number of benzene rings is 2. The maximum atomic E-state index is 13.1. The summed E-state index contributed by atoms with van der Waals surface area (Å²) < 4.78 is 33.1. The molecule has 2 aromatic rings. The van der Waals surface area contributed by atoms with E-state index in [0.717, 1.165) is 0 Å². The Labute approximate surface area is 176 Å². The molecule has 0 aliphatic carbocycles. The number of nitrogens with two attached hydrogens (primary N) is 1. The lowest BCUT2D eigenvalue weighted by Crippen LogP contribution is -2.41. The summed E-state index contributed by atoms with van der Waals surface area (Å²) in [4.78, 5) is 24.0. The third-order valence-corrected chi connectivity index (χ3v) is 6.92. The first kappa shape index (κ1) is 21.8. The van der Waals surface area contributed by atoms with Crippen LogP contribution in [0, 0.1) is 5.92 Å². The van der Waals surface area contributed by atoms with Crippen LogP contribution in [0.15, 0.2) is 53.4 Å². The monoisotopic (exact) mass is 431 g/mol. The molecule has 0 atom stereocenters. The number of primary amides is 1. The molecular formula is C21H25N3O5S. The van der Waals surface area contributed by atoms with E-state index in [1.807, 2.05) is 0 Å². The third kappa shape index (κ3) is 4.80. The van der Waals surface area contributed by atoms with Crippen LogP contribution in [0.3, 0.4) is 0 Å². The molecule has 0 aromatic heterocycles. The maximum Gasteiger partial charge on any atom is 0.255 e. The first-order chi connectivity index (χ1) is 14.3. The Bertz CT molecular complexity index is 1020. The maximum absolute atomic E-state index is 13.1. The lowest BCUT2D eigenvalue weighted by molar-refractivity contribution is -0.122. The summed E-state index contributed by atoms with van der Waals surface area (Å²) in [6.45, 7) is 2.60. The zero-order valence-corrected chi connectivity index (χ0v) is 17.5. The van der Waals surface area contributed by atoms with Gasteiger partial charge in [0, 0.05) is 24.6 Å². The standard InChI is InChI=1S/C21H25N3O5S/c1-2-29-19-9-8-17(14-18(19)23-21(26)16-6-4-3-5-7-16)30(27,28)24-12-10-15(11-13-24)20(22)25/h3-9,14-15H,2,10-13H2,1H3,(H2,22,25)(H,23,26). The molecule has 1 aliphatic rings. The van der Waals surface area contributed by atoms with Crippen molar-refractivity contribution in [2.75, 3.05) is 25.0 Å². The number of hydrogen-bond donors (Lipinski definition) is 2. The van der Waals surface area contributed by atoms with Gasteiger partial charge >= 0.3 is 0 Å². The van der Waals surface area contributed by atoms with E-state index in [1.165, 1.54) is 22.5 Å². The Morgan fingerprint density at radius 3 is 2.40 bits per heavy atom. The van der Waals surface area contributed by atoms with Gasteiger partial charge in [-0.2, -0.15) is 4.31 Å². The zero-order chi connectivity index (χ0) is 21.7. The van der Waals surface area contributed by atoms with Crippen LogP contribution in [0.1, 0.15) is 30.1 Å². The Hall–Kier alpha value is -2.91. The fourth-order valence-corrected chi connectivity index (χ4v) is 4.86. The minimum Gasteiger partial charge on any atom is -0.492 e. The van der Waals surface area contributed by atoms with Gasteiger partial charge in [-0.1, -0.05) is 18.2 Å². The Balaban J connectivity index is 1.86. The number of nitrogens with one attached hydrogen (secondary N) is 1. The quantitative estimate of drug-likeness (QED) is 0.697. The summed E-state index contributed by atoms with van der Waals surface area (Å²) in [6.07, 6.45) is 0.784. The number of carbonyl (C=O) groups is 2. The smallest absolute Gasteiger partial charge is 0.255 e. The average Bonchev–Trinajstić information content (AvgIpc) is 2.75. The number of piperidine rings is 1. The van der Waals surface area contributed by atoms with Gasteiger partial charge in [0.15, 0.2) is 0 Å². The zero-order valence-electron chi connectivity index (χ0n) is 16.7. The highest BCUT2D eigenvalue weighted by molar-refractivity contribution is 7.89. The van der Waals surface area contributed by atoms with Gasteiger partial charge in [0.1, 0.15) is 5.75 Å². The number of amides is 2. The molecule has 160 valence electrons. The first-order valence-corrected chi connectivity index (χ1v) is 11.2. The molecule has 0 radical (unpaired) electrons. The second kappa shape index (κ2) is 9.27. The third-order valence-electron chi connectivity index (χ3n) is 5.03. The van der Waals surface area contributed by atoms with Crippen LogP contribution < -0.4 is 15.8 Å². The Morgan fingerprint density at radius 1 is 1.13 bits per heavy atom. The number of nitrogens with zero attached hydrogens (tertiary/aromatic N) is 1. The van der Waals surface area contributed by atoms with Crippen LogP contribution in [0.4, 0.5) is 5.69 Å². The van der Waals surface area contributed by atoms with Gasteiger partial charge < -0.3 is 15.8 Å². The van der Waals surface area contributed by atoms with Crippen molar-refractivity contribution < 1.29 is 22.7 Å². The van der Waals surface area contributed by atoms with Gasteiger partial charge in [-0.25, -0.2) is 8.42 Å². The molecule has 0 bridgehead atoms. The van der Waals surface area contributed by atoms with E-state index < -0.39 is 15.9 Å². The van der Waals surface area contributed by atoms with Crippen molar-refractivity contribution in [2.24, 2.45) is 11.7 Å². The molecule has 2 amide bonds. The minimum absolute atomic E-state index is 0.0480. The number of anilines is 1. The Kier molecular flexibility index (Phi) is 6.73. The number of ether oxygens (including phenoxy) is 1. The second-order valence-corrected chi connectivity index (χ2v) is 8.93. The summed E-state index contributed by atoms with van der Waals surface area (Å²) in [5, 5.41) is 2.74. The predicted molar refractivity (Wildman–Crippen MR) is 113 cm³/mol. The van der Waals surface area contributed by atoms with Crippen LogP contribution in [-0.4, -0.2) is 44.2 Å². The van der Waals surface area contributed by atoms with Crippen LogP contribution in [0.2, 0.25) is 0 Å². The fraction of sp³-hybridized carbons (Fsp3) is 0.333. The van der Waals surface area contributed by atoms with Gasteiger partial charge in [0.25, 0.3) is 5.91 Å². The van der Waals surface area contributed by atoms with Gasteiger partial charge in [-0.15, -0.1) is 0 Å². The molecule has 8 nitrogen and oxygen atoms in total. The topological polar surface area (TPSA) is 119 Å². The number of carbonyl (C=O) groups excluding carboxylic acids is 2. The number of sulfonamides is 1. The summed E-state index contributed by atoms with van der Waals surface area (Å²) >= 11 is 0. The molecule has 1 saturated heterocycles. The van der Waals surface area contributed by atoms with Gasteiger partial charge in [0.05, 0.1) is 17.2 Å². The van der Waals surface area contributed by atoms with E-state index in [1.54, 1.807) is 37.3 Å². The highest BCUT2D eigenvalue weighted by Crippen LogP contribution is 2.31. The summed E-state index contributed by atoms with van der Waals surface area (Å²) in [5.74, 6) is -0.696. The molecule has 30 heavy (non-hydrogen) atoms. The number of hydrogen-bond acceptors (Lipinski definition) is 5. The van der Waals surface area contributed by atoms with E-state index in [2.05, 4.69) is 5.32 Å². The second-order valence-electron chi connectivity index (χ2n) is 6.99. The molecule has 3 N–H and O–H groups in total. The lowest BCUT2D eigenvalue weighted by atomic mass is 9.98. The molecular weight excluding hydrogens is 406 g/mol. The molecule has 0 unspecified atom stereocenters. The van der Waals surface area contributed by atoms with E-state index in [-0.39, 0.29) is 35.5 Å².